The first-order valence-corrected chi connectivity index (χ1v) is 3.78. The lowest BCUT2D eigenvalue weighted by molar-refractivity contribution is -0.131. The van der Waals surface area contributed by atoms with E-state index >= 15 is 0 Å². The molecule has 1 rings (SSSR count). The molecule has 1 aromatic rings. The molecule has 1 aromatic carbocycles. The van der Waals surface area contributed by atoms with Crippen LogP contribution in [0.1, 0.15) is 22.3 Å². The van der Waals surface area contributed by atoms with Crippen molar-refractivity contribution in [2.45, 2.75) is 6.43 Å². The predicted molar refractivity (Wildman–Crippen MR) is 43.3 cm³/mol. The number of carbonyl (C=O) groups excluding carboxylic acids is 1. The molecule has 1 N–H and O–H groups in total. The number of halogens is 3. The molecule has 3 nitrogen and oxygen atoms in total. The number of alkyl halides is 2. The molecule has 15 heavy (non-hydrogen) atoms. The van der Waals surface area contributed by atoms with Crippen molar-refractivity contribution >= 4 is 11.8 Å². The number of carboxylic acid groups (broad SMARTS) is 1. The van der Waals surface area contributed by atoms with Gasteiger partial charge in [-0.2, -0.15) is 0 Å². The van der Waals surface area contributed by atoms with Crippen LogP contribution in [0.4, 0.5) is 13.2 Å². The van der Waals surface area contributed by atoms with E-state index in [0.29, 0.717) is 12.1 Å². The van der Waals surface area contributed by atoms with E-state index in [1.165, 1.54) is 0 Å². The van der Waals surface area contributed by atoms with Gasteiger partial charge in [-0.15, -0.1) is 0 Å². The van der Waals surface area contributed by atoms with E-state index in [4.69, 9.17) is 5.11 Å². The Bertz CT molecular complexity index is 415. The van der Waals surface area contributed by atoms with Crippen LogP contribution < -0.4 is 0 Å². The number of hydrogen-bond donors (Lipinski definition) is 1. The summed E-state index contributed by atoms with van der Waals surface area (Å²) in [7, 11) is 0. The number of carbonyl (C=O) groups is 2. The average molecular weight is 218 g/mol. The lowest BCUT2D eigenvalue weighted by Gasteiger charge is -2.02. The van der Waals surface area contributed by atoms with E-state index in [1.54, 1.807) is 0 Å². The second-order valence-corrected chi connectivity index (χ2v) is 2.67. The van der Waals surface area contributed by atoms with Crippen LogP contribution in [0.3, 0.4) is 0 Å². The first-order chi connectivity index (χ1) is 6.93. The maximum absolute atomic E-state index is 12.9. The summed E-state index contributed by atoms with van der Waals surface area (Å²) in [6.07, 6.45) is -3.00. The Labute approximate surface area is 82.1 Å². The summed E-state index contributed by atoms with van der Waals surface area (Å²) < 4.78 is 37.1. The molecule has 6 heteroatoms. The number of ketones is 1. The van der Waals surface area contributed by atoms with Gasteiger partial charge in [-0.1, -0.05) is 6.07 Å². The molecule has 0 aliphatic rings. The number of aliphatic carboxylic acids is 1. The molecular formula is C9H5F3O3. The fraction of sp³-hybridized carbons (Fsp3) is 0.111. The molecule has 0 aromatic heterocycles. The third-order valence-electron chi connectivity index (χ3n) is 1.69. The largest absolute Gasteiger partial charge is 0.475 e. The Morgan fingerprint density at radius 2 is 1.87 bits per heavy atom. The van der Waals surface area contributed by atoms with Gasteiger partial charge in [-0.3, -0.25) is 4.79 Å². The van der Waals surface area contributed by atoms with Gasteiger partial charge < -0.3 is 5.11 Å². The maximum Gasteiger partial charge on any atom is 0.377 e. The zero-order valence-corrected chi connectivity index (χ0v) is 7.21. The third kappa shape index (κ3) is 2.34. The van der Waals surface area contributed by atoms with Crippen LogP contribution in [0, 0.1) is 5.82 Å². The fourth-order valence-corrected chi connectivity index (χ4v) is 0.969. The zero-order valence-electron chi connectivity index (χ0n) is 7.21. The van der Waals surface area contributed by atoms with E-state index in [0.717, 1.165) is 6.07 Å². The van der Waals surface area contributed by atoms with Crippen LogP contribution in [-0.2, 0) is 4.79 Å². The smallest absolute Gasteiger partial charge is 0.377 e. The van der Waals surface area contributed by atoms with Gasteiger partial charge in [0, 0.05) is 5.56 Å². The second-order valence-electron chi connectivity index (χ2n) is 2.67. The van der Waals surface area contributed by atoms with E-state index in [1.807, 2.05) is 0 Å². The van der Waals surface area contributed by atoms with Crippen molar-refractivity contribution in [2.75, 3.05) is 0 Å². The highest BCUT2D eigenvalue weighted by Crippen LogP contribution is 2.22. The minimum Gasteiger partial charge on any atom is -0.475 e. The number of Topliss-reactive ketones (excluding diaryl/α,β-unsaturated/α-hetero) is 1. The van der Waals surface area contributed by atoms with Gasteiger partial charge in [0.15, 0.2) is 0 Å². The molecule has 0 amide bonds. The van der Waals surface area contributed by atoms with Crippen molar-refractivity contribution in [2.24, 2.45) is 0 Å². The average Bonchev–Trinajstić information content (AvgIpc) is 2.15. The lowest BCUT2D eigenvalue weighted by Crippen LogP contribution is -2.13. The summed E-state index contributed by atoms with van der Waals surface area (Å²) in [6, 6.07) is 2.02. The van der Waals surface area contributed by atoms with Crippen LogP contribution in [0.5, 0.6) is 0 Å². The van der Waals surface area contributed by atoms with Crippen molar-refractivity contribution in [3.8, 4) is 0 Å². The molecule has 0 saturated heterocycles. The Hall–Kier alpha value is -1.85. The molecule has 0 heterocycles. The Kier molecular flexibility index (Phi) is 3.08. The quantitative estimate of drug-likeness (QED) is 0.623. The van der Waals surface area contributed by atoms with Crippen LogP contribution in [-0.4, -0.2) is 16.9 Å². The summed E-state index contributed by atoms with van der Waals surface area (Å²) >= 11 is 0. The SMILES string of the molecule is O=C(O)C(=O)c1ccc(C(F)F)c(F)c1. The highest BCUT2D eigenvalue weighted by atomic mass is 19.3. The number of hydrogen-bond acceptors (Lipinski definition) is 2. The van der Waals surface area contributed by atoms with E-state index in [9.17, 15) is 22.8 Å². The van der Waals surface area contributed by atoms with Crippen molar-refractivity contribution in [3.63, 3.8) is 0 Å². The molecule has 0 fully saturated rings. The Morgan fingerprint density at radius 3 is 2.27 bits per heavy atom. The lowest BCUT2D eigenvalue weighted by atomic mass is 10.1. The summed E-state index contributed by atoms with van der Waals surface area (Å²) in [5.74, 6) is -4.40. The molecule has 80 valence electrons. The van der Waals surface area contributed by atoms with Gasteiger partial charge in [0.25, 0.3) is 12.2 Å². The van der Waals surface area contributed by atoms with Gasteiger partial charge in [-0.25, -0.2) is 18.0 Å². The minimum absolute atomic E-state index is 0.468. The Balaban J connectivity index is 3.12. The highest BCUT2D eigenvalue weighted by molar-refractivity contribution is 6.39. The molecule has 0 unspecified atom stereocenters. The third-order valence-corrected chi connectivity index (χ3v) is 1.69. The van der Waals surface area contributed by atoms with Crippen molar-refractivity contribution in [1.29, 1.82) is 0 Å². The second kappa shape index (κ2) is 4.12. The first kappa shape index (κ1) is 11.2. The van der Waals surface area contributed by atoms with Gasteiger partial charge in [0.1, 0.15) is 5.82 Å². The molecule has 0 spiro atoms. The normalized spacial score (nSPS) is 10.4. The number of rotatable bonds is 3. The van der Waals surface area contributed by atoms with Gasteiger partial charge in [0.2, 0.25) is 0 Å². The van der Waals surface area contributed by atoms with Crippen LogP contribution in [0.25, 0.3) is 0 Å². The molecule has 0 bridgehead atoms. The monoisotopic (exact) mass is 218 g/mol. The highest BCUT2D eigenvalue weighted by Gasteiger charge is 2.19. The zero-order chi connectivity index (χ0) is 11.6. The topological polar surface area (TPSA) is 54.4 Å². The van der Waals surface area contributed by atoms with Crippen molar-refractivity contribution in [3.05, 3.63) is 35.1 Å². The van der Waals surface area contributed by atoms with Crippen LogP contribution in [0.15, 0.2) is 18.2 Å². The molecule has 0 atom stereocenters. The van der Waals surface area contributed by atoms with Gasteiger partial charge >= 0.3 is 5.97 Å². The van der Waals surface area contributed by atoms with Crippen molar-refractivity contribution < 1.29 is 27.9 Å². The van der Waals surface area contributed by atoms with Crippen LogP contribution >= 0.6 is 0 Å². The van der Waals surface area contributed by atoms with Gasteiger partial charge in [0.05, 0.1) is 5.56 Å². The molecule has 0 radical (unpaired) electrons. The van der Waals surface area contributed by atoms with E-state index in [-0.39, 0.29) is 0 Å². The Morgan fingerprint density at radius 1 is 1.27 bits per heavy atom. The standard InChI is InChI=1S/C9H5F3O3/c10-6-3-4(7(13)9(14)15)1-2-5(6)8(11)12/h1-3,8H,(H,14,15). The molecule has 0 saturated carbocycles. The fourth-order valence-electron chi connectivity index (χ4n) is 0.969. The summed E-state index contributed by atoms with van der Waals surface area (Å²) in [5, 5.41) is 8.28. The molecule has 0 aliphatic heterocycles. The molecular weight excluding hydrogens is 213 g/mol. The first-order valence-electron chi connectivity index (χ1n) is 3.78. The molecule has 0 aliphatic carbocycles. The van der Waals surface area contributed by atoms with Crippen LogP contribution in [0.2, 0.25) is 0 Å². The maximum atomic E-state index is 12.9. The van der Waals surface area contributed by atoms with E-state index < -0.39 is 35.1 Å². The van der Waals surface area contributed by atoms with E-state index in [2.05, 4.69) is 0 Å². The summed E-state index contributed by atoms with van der Waals surface area (Å²) in [6.45, 7) is 0. The summed E-state index contributed by atoms with van der Waals surface area (Å²) in [5.41, 5.74) is -1.33. The number of carboxylic acids is 1. The minimum atomic E-state index is -3.00. The van der Waals surface area contributed by atoms with Gasteiger partial charge in [-0.05, 0) is 12.1 Å². The summed E-state index contributed by atoms with van der Waals surface area (Å²) in [4.78, 5) is 21.0. The number of benzene rings is 1. The predicted octanol–water partition coefficient (Wildman–Crippen LogP) is 2.03. The van der Waals surface area contributed by atoms with Crippen molar-refractivity contribution in [1.82, 2.24) is 0 Å².